The summed E-state index contributed by atoms with van der Waals surface area (Å²) < 4.78 is 9.44. The van der Waals surface area contributed by atoms with Crippen LogP contribution in [0.2, 0.25) is 0 Å². The molecular formula is C16H21Br2N4O+. The third-order valence-electron chi connectivity index (χ3n) is 3.33. The molecule has 0 spiro atoms. The van der Waals surface area contributed by atoms with Crippen molar-refractivity contribution in [3.8, 4) is 5.75 Å². The first kappa shape index (κ1) is 18.1. The molecule has 0 saturated heterocycles. The number of hydrogen-bond donors (Lipinski definition) is 0. The summed E-state index contributed by atoms with van der Waals surface area (Å²) in [7, 11) is 1.65. The van der Waals surface area contributed by atoms with Gasteiger partial charge in [-0.15, -0.1) is 0 Å². The van der Waals surface area contributed by atoms with E-state index in [1.165, 1.54) is 0 Å². The van der Waals surface area contributed by atoms with Crippen molar-refractivity contribution in [2.75, 3.05) is 17.8 Å². The maximum absolute atomic E-state index is 5.16. The van der Waals surface area contributed by atoms with Crippen molar-refractivity contribution in [3.63, 3.8) is 0 Å². The molecule has 1 aromatic heterocycles. The van der Waals surface area contributed by atoms with Crippen LogP contribution in [-0.4, -0.2) is 22.3 Å². The maximum atomic E-state index is 5.16. The summed E-state index contributed by atoms with van der Waals surface area (Å²) in [6.07, 6.45) is 6.24. The normalized spacial score (nSPS) is 11.3. The lowest BCUT2D eigenvalue weighted by molar-refractivity contribution is -0.683. The molecule has 5 nitrogen and oxygen atoms in total. The SMILES string of the molecule is COc1ccc(N=Nc2n(CCCBr)cc[n+]2CCCBr)cc1. The predicted molar refractivity (Wildman–Crippen MR) is 98.6 cm³/mol. The van der Waals surface area contributed by atoms with E-state index in [2.05, 4.69) is 63.6 Å². The van der Waals surface area contributed by atoms with Crippen LogP contribution in [0.15, 0.2) is 46.9 Å². The molecule has 0 aliphatic heterocycles. The summed E-state index contributed by atoms with van der Waals surface area (Å²) in [5.74, 6) is 1.69. The molecule has 2 aromatic rings. The highest BCUT2D eigenvalue weighted by Crippen LogP contribution is 2.20. The third kappa shape index (κ3) is 5.42. The summed E-state index contributed by atoms with van der Waals surface area (Å²) >= 11 is 6.95. The van der Waals surface area contributed by atoms with E-state index in [9.17, 15) is 0 Å². The number of imidazole rings is 1. The number of halogens is 2. The molecule has 0 bridgehead atoms. The Balaban J connectivity index is 2.19. The number of benzene rings is 1. The van der Waals surface area contributed by atoms with Gasteiger partial charge in [0.05, 0.1) is 32.6 Å². The van der Waals surface area contributed by atoms with Gasteiger partial charge < -0.3 is 4.74 Å². The van der Waals surface area contributed by atoms with Gasteiger partial charge in [0, 0.05) is 15.8 Å². The van der Waals surface area contributed by atoms with Gasteiger partial charge in [-0.3, -0.25) is 0 Å². The summed E-state index contributed by atoms with van der Waals surface area (Å²) in [6, 6.07) is 7.57. The van der Waals surface area contributed by atoms with Crippen LogP contribution in [0.3, 0.4) is 0 Å². The molecule has 1 aromatic carbocycles. The van der Waals surface area contributed by atoms with Crippen LogP contribution in [0.5, 0.6) is 5.75 Å². The van der Waals surface area contributed by atoms with E-state index in [0.29, 0.717) is 0 Å². The van der Waals surface area contributed by atoms with Crippen molar-refractivity contribution in [3.05, 3.63) is 36.7 Å². The molecule has 0 saturated carbocycles. The molecule has 0 aliphatic carbocycles. The highest BCUT2D eigenvalue weighted by atomic mass is 79.9. The van der Waals surface area contributed by atoms with Crippen LogP contribution < -0.4 is 9.30 Å². The summed E-state index contributed by atoms with van der Waals surface area (Å²) in [4.78, 5) is 0. The molecule has 1 heterocycles. The lowest BCUT2D eigenvalue weighted by atomic mass is 10.3. The minimum Gasteiger partial charge on any atom is -0.497 e. The van der Waals surface area contributed by atoms with E-state index in [1.54, 1.807) is 7.11 Å². The van der Waals surface area contributed by atoms with Crippen molar-refractivity contribution in [2.24, 2.45) is 10.2 Å². The molecule has 0 aliphatic rings. The van der Waals surface area contributed by atoms with Crippen molar-refractivity contribution >= 4 is 43.5 Å². The van der Waals surface area contributed by atoms with Crippen molar-refractivity contribution in [1.29, 1.82) is 0 Å². The number of methoxy groups -OCH3 is 1. The second-order valence-electron chi connectivity index (χ2n) is 4.97. The molecule has 0 radical (unpaired) electrons. The molecule has 23 heavy (non-hydrogen) atoms. The quantitative estimate of drug-likeness (QED) is 0.312. The van der Waals surface area contributed by atoms with Crippen LogP contribution >= 0.6 is 31.9 Å². The second-order valence-corrected chi connectivity index (χ2v) is 6.55. The van der Waals surface area contributed by atoms with Crippen molar-refractivity contribution in [1.82, 2.24) is 4.57 Å². The smallest absolute Gasteiger partial charge is 0.421 e. The van der Waals surface area contributed by atoms with Gasteiger partial charge in [0.25, 0.3) is 0 Å². The fourth-order valence-corrected chi connectivity index (χ4v) is 2.64. The number of alkyl halides is 2. The summed E-state index contributed by atoms with van der Waals surface area (Å²) in [5, 5.41) is 10.8. The van der Waals surface area contributed by atoms with Gasteiger partial charge in [0.2, 0.25) is 0 Å². The monoisotopic (exact) mass is 443 g/mol. The fourth-order valence-electron chi connectivity index (χ4n) is 2.13. The lowest BCUT2D eigenvalue weighted by Gasteiger charge is -2.00. The largest absolute Gasteiger partial charge is 0.497 e. The van der Waals surface area contributed by atoms with Crippen molar-refractivity contribution in [2.45, 2.75) is 25.9 Å². The fraction of sp³-hybridized carbons (Fsp3) is 0.438. The second kappa shape index (κ2) is 9.82. The van der Waals surface area contributed by atoms with E-state index in [1.807, 2.05) is 24.3 Å². The average Bonchev–Trinajstić information content (AvgIpc) is 2.98. The van der Waals surface area contributed by atoms with E-state index in [-0.39, 0.29) is 0 Å². The van der Waals surface area contributed by atoms with Crippen molar-refractivity contribution < 1.29 is 9.30 Å². The first-order valence-electron chi connectivity index (χ1n) is 7.54. The molecule has 0 amide bonds. The summed E-state index contributed by atoms with van der Waals surface area (Å²) in [6.45, 7) is 1.84. The first-order valence-corrected chi connectivity index (χ1v) is 9.79. The number of ether oxygens (including phenoxy) is 1. The highest BCUT2D eigenvalue weighted by Gasteiger charge is 2.16. The molecule has 0 N–H and O–H groups in total. The standard InChI is InChI=1S/C16H21Br2N4O/c1-23-15-6-4-14(5-7-15)19-20-16-21(10-2-8-17)12-13-22(16)11-3-9-18/h4-7,12-13H,2-3,8-11H2,1H3/q+1. The first-order chi connectivity index (χ1) is 11.3. The minimum absolute atomic E-state index is 0.811. The van der Waals surface area contributed by atoms with Crippen LogP contribution in [0.1, 0.15) is 12.8 Å². The van der Waals surface area contributed by atoms with Crippen LogP contribution in [0.25, 0.3) is 0 Å². The number of nitrogens with zero attached hydrogens (tertiary/aromatic N) is 4. The highest BCUT2D eigenvalue weighted by molar-refractivity contribution is 9.09. The molecular weight excluding hydrogens is 424 g/mol. The zero-order valence-corrected chi connectivity index (χ0v) is 16.3. The minimum atomic E-state index is 0.811. The number of azo groups is 1. The number of aryl methyl sites for hydroxylation is 2. The van der Waals surface area contributed by atoms with Gasteiger partial charge in [0.15, 0.2) is 0 Å². The van der Waals surface area contributed by atoms with E-state index < -0.39 is 0 Å². The molecule has 7 heteroatoms. The molecule has 0 atom stereocenters. The third-order valence-corrected chi connectivity index (χ3v) is 4.45. The van der Waals surface area contributed by atoms with Gasteiger partial charge in [0.1, 0.15) is 11.4 Å². The molecule has 2 rings (SSSR count). The maximum Gasteiger partial charge on any atom is 0.421 e. The van der Waals surface area contributed by atoms with Crippen LogP contribution in [-0.2, 0) is 13.1 Å². The average molecular weight is 445 g/mol. The lowest BCUT2D eigenvalue weighted by Crippen LogP contribution is -2.32. The molecule has 0 unspecified atom stereocenters. The van der Waals surface area contributed by atoms with E-state index >= 15 is 0 Å². The number of hydrogen-bond acceptors (Lipinski definition) is 3. The molecule has 124 valence electrons. The number of aromatic nitrogens is 2. The van der Waals surface area contributed by atoms with Crippen LogP contribution in [0, 0.1) is 0 Å². The Bertz CT molecular complexity index is 600. The van der Waals surface area contributed by atoms with Gasteiger partial charge >= 0.3 is 5.95 Å². The zero-order valence-electron chi connectivity index (χ0n) is 13.2. The zero-order chi connectivity index (χ0) is 16.5. The Labute approximate surface area is 153 Å². The Kier molecular flexibility index (Phi) is 7.74. The number of rotatable bonds is 9. The van der Waals surface area contributed by atoms with Gasteiger partial charge in [-0.2, -0.15) is 0 Å². The Morgan fingerprint density at radius 3 is 2.48 bits per heavy atom. The van der Waals surface area contributed by atoms with Crippen LogP contribution in [0.4, 0.5) is 11.6 Å². The topological polar surface area (TPSA) is 42.8 Å². The van der Waals surface area contributed by atoms with Gasteiger partial charge in [-0.25, -0.2) is 9.13 Å². The van der Waals surface area contributed by atoms with E-state index in [4.69, 9.17) is 4.74 Å². The Hall–Kier alpha value is -1.21. The molecule has 0 fully saturated rings. The van der Waals surface area contributed by atoms with Gasteiger partial charge in [-0.1, -0.05) is 37.0 Å². The Morgan fingerprint density at radius 1 is 1.09 bits per heavy atom. The predicted octanol–water partition coefficient (Wildman–Crippen LogP) is 4.77. The van der Waals surface area contributed by atoms with Gasteiger partial charge in [-0.05, 0) is 37.1 Å². The van der Waals surface area contributed by atoms with E-state index in [0.717, 1.165) is 54.0 Å². The summed E-state index contributed by atoms with van der Waals surface area (Å²) in [5.41, 5.74) is 0.811. The Morgan fingerprint density at radius 2 is 1.83 bits per heavy atom.